The number of hydrogen-bond donors (Lipinski definition) is 1. The summed E-state index contributed by atoms with van der Waals surface area (Å²) in [7, 11) is 0. The van der Waals surface area contributed by atoms with E-state index in [-0.39, 0.29) is 10.8 Å². The van der Waals surface area contributed by atoms with Gasteiger partial charge in [-0.05, 0) is 24.1 Å². The quantitative estimate of drug-likeness (QED) is 0.858. The summed E-state index contributed by atoms with van der Waals surface area (Å²) in [6.45, 7) is 5.34. The van der Waals surface area contributed by atoms with E-state index in [9.17, 15) is 4.39 Å². The fourth-order valence-electron chi connectivity index (χ4n) is 2.37. The highest BCUT2D eigenvalue weighted by Gasteiger charge is 2.21. The van der Waals surface area contributed by atoms with Crippen LogP contribution in [0.2, 0.25) is 0 Å². The van der Waals surface area contributed by atoms with E-state index in [1.807, 2.05) is 0 Å². The van der Waals surface area contributed by atoms with Gasteiger partial charge in [-0.3, -0.25) is 4.90 Å². The van der Waals surface area contributed by atoms with Crippen molar-refractivity contribution in [3.8, 4) is 0 Å². The summed E-state index contributed by atoms with van der Waals surface area (Å²) in [5.74, 6) is -0.356. The molecular weight excluding hydrogens is 263 g/mol. The molecule has 104 valence electrons. The molecule has 0 radical (unpaired) electrons. The predicted octanol–water partition coefficient (Wildman–Crippen LogP) is 2.07. The lowest BCUT2D eigenvalue weighted by Crippen LogP contribution is -2.44. The molecule has 0 saturated carbocycles. The van der Waals surface area contributed by atoms with Gasteiger partial charge < -0.3 is 10.5 Å². The van der Waals surface area contributed by atoms with E-state index in [0.29, 0.717) is 11.6 Å². The van der Waals surface area contributed by atoms with E-state index in [0.717, 1.165) is 38.3 Å². The normalized spacial score (nSPS) is 20.4. The Kier molecular flexibility index (Phi) is 4.85. The van der Waals surface area contributed by atoms with Gasteiger partial charge in [0.2, 0.25) is 0 Å². The molecular formula is C14H19FN2OS. The lowest BCUT2D eigenvalue weighted by molar-refractivity contribution is -0.0127. The molecule has 0 aliphatic carbocycles. The topological polar surface area (TPSA) is 38.5 Å². The molecule has 5 heteroatoms. The second-order valence-electron chi connectivity index (χ2n) is 4.79. The fourth-order valence-corrected chi connectivity index (χ4v) is 2.52. The number of nitrogens with two attached hydrogens (primary N) is 1. The van der Waals surface area contributed by atoms with Crippen molar-refractivity contribution >= 4 is 17.2 Å². The summed E-state index contributed by atoms with van der Waals surface area (Å²) in [6.07, 6.45) is 1.04. The van der Waals surface area contributed by atoms with Crippen molar-refractivity contribution in [2.75, 3.05) is 19.8 Å². The van der Waals surface area contributed by atoms with Crippen molar-refractivity contribution < 1.29 is 9.13 Å². The predicted molar refractivity (Wildman–Crippen MR) is 77.6 cm³/mol. The zero-order chi connectivity index (χ0) is 13.8. The Labute approximate surface area is 118 Å². The Bertz CT molecular complexity index is 467. The largest absolute Gasteiger partial charge is 0.389 e. The van der Waals surface area contributed by atoms with Crippen LogP contribution >= 0.6 is 12.2 Å². The molecule has 2 N–H and O–H groups in total. The van der Waals surface area contributed by atoms with Gasteiger partial charge in [0.05, 0.1) is 13.2 Å². The van der Waals surface area contributed by atoms with E-state index in [1.165, 1.54) is 6.07 Å². The molecule has 0 aromatic heterocycles. The molecule has 1 heterocycles. The Morgan fingerprint density at radius 3 is 3.05 bits per heavy atom. The van der Waals surface area contributed by atoms with Crippen LogP contribution in [0.5, 0.6) is 0 Å². The molecule has 1 fully saturated rings. The smallest absolute Gasteiger partial charge is 0.133 e. The number of nitrogens with zero attached hydrogens (tertiary/aromatic N) is 1. The number of rotatable bonds is 4. The second-order valence-corrected chi connectivity index (χ2v) is 5.23. The minimum atomic E-state index is -0.356. The number of benzene rings is 1. The minimum absolute atomic E-state index is 0.105. The number of hydrogen-bond acceptors (Lipinski definition) is 3. The Morgan fingerprint density at radius 1 is 1.58 bits per heavy atom. The highest BCUT2D eigenvalue weighted by atomic mass is 32.1. The first-order chi connectivity index (χ1) is 9.11. The van der Waals surface area contributed by atoms with Crippen LogP contribution in [0.3, 0.4) is 0 Å². The number of halogens is 1. The van der Waals surface area contributed by atoms with E-state index in [1.54, 1.807) is 12.1 Å². The molecule has 1 saturated heterocycles. The maximum atomic E-state index is 13.5. The number of thiocarbonyl (C=S) groups is 1. The summed E-state index contributed by atoms with van der Waals surface area (Å²) < 4.78 is 19.0. The van der Waals surface area contributed by atoms with Gasteiger partial charge >= 0.3 is 0 Å². The highest BCUT2D eigenvalue weighted by molar-refractivity contribution is 7.80. The van der Waals surface area contributed by atoms with Gasteiger partial charge in [-0.2, -0.15) is 0 Å². The molecule has 1 unspecified atom stereocenters. The number of morpholine rings is 1. The summed E-state index contributed by atoms with van der Waals surface area (Å²) in [6, 6.07) is 5.40. The lowest BCUT2D eigenvalue weighted by atomic mass is 10.1. The van der Waals surface area contributed by atoms with Gasteiger partial charge in [-0.25, -0.2) is 4.39 Å². The number of ether oxygens (including phenoxy) is 1. The van der Waals surface area contributed by atoms with E-state index >= 15 is 0 Å². The first kappa shape index (κ1) is 14.4. The molecule has 1 aromatic rings. The van der Waals surface area contributed by atoms with Crippen molar-refractivity contribution in [3.05, 3.63) is 35.1 Å². The third-order valence-electron chi connectivity index (χ3n) is 3.50. The molecule has 1 aliphatic heterocycles. The van der Waals surface area contributed by atoms with Crippen LogP contribution in [0, 0.1) is 5.82 Å². The molecule has 0 spiro atoms. The Hall–Kier alpha value is -1.04. The van der Waals surface area contributed by atoms with Crippen LogP contribution in [0.15, 0.2) is 18.2 Å². The fraction of sp³-hybridized carbons (Fsp3) is 0.500. The van der Waals surface area contributed by atoms with Crippen LogP contribution < -0.4 is 5.73 Å². The third kappa shape index (κ3) is 3.49. The average Bonchev–Trinajstić information content (AvgIpc) is 2.41. The van der Waals surface area contributed by atoms with Crippen molar-refractivity contribution in [1.29, 1.82) is 0 Å². The maximum absolute atomic E-state index is 13.5. The van der Waals surface area contributed by atoms with Gasteiger partial charge in [0, 0.05) is 24.7 Å². The monoisotopic (exact) mass is 282 g/mol. The van der Waals surface area contributed by atoms with Crippen LogP contribution in [0.4, 0.5) is 4.39 Å². The Morgan fingerprint density at radius 2 is 2.37 bits per heavy atom. The summed E-state index contributed by atoms with van der Waals surface area (Å²) in [5, 5.41) is 0. The molecule has 1 atom stereocenters. The molecule has 3 nitrogen and oxygen atoms in total. The lowest BCUT2D eigenvalue weighted by Gasteiger charge is -2.35. The summed E-state index contributed by atoms with van der Waals surface area (Å²) in [4.78, 5) is 2.47. The molecule has 2 rings (SSSR count). The zero-order valence-electron chi connectivity index (χ0n) is 11.1. The van der Waals surface area contributed by atoms with Crippen molar-refractivity contribution in [2.45, 2.75) is 25.9 Å². The third-order valence-corrected chi connectivity index (χ3v) is 3.72. The summed E-state index contributed by atoms with van der Waals surface area (Å²) in [5.41, 5.74) is 6.89. The molecule has 1 aliphatic rings. The van der Waals surface area contributed by atoms with Gasteiger partial charge in [-0.1, -0.05) is 25.2 Å². The average molecular weight is 282 g/mol. The molecule has 19 heavy (non-hydrogen) atoms. The van der Waals surface area contributed by atoms with Gasteiger partial charge in [0.15, 0.2) is 0 Å². The van der Waals surface area contributed by atoms with E-state index in [4.69, 9.17) is 22.7 Å². The first-order valence-electron chi connectivity index (χ1n) is 6.51. The zero-order valence-corrected chi connectivity index (χ0v) is 11.9. The van der Waals surface area contributed by atoms with Crippen molar-refractivity contribution in [2.24, 2.45) is 5.73 Å². The second kappa shape index (κ2) is 6.41. The Balaban J connectivity index is 2.14. The van der Waals surface area contributed by atoms with Crippen LogP contribution in [-0.4, -0.2) is 35.7 Å². The van der Waals surface area contributed by atoms with Crippen molar-refractivity contribution in [3.63, 3.8) is 0 Å². The van der Waals surface area contributed by atoms with Gasteiger partial charge in [0.25, 0.3) is 0 Å². The van der Waals surface area contributed by atoms with E-state index in [2.05, 4.69) is 11.8 Å². The first-order valence-corrected chi connectivity index (χ1v) is 6.92. The highest BCUT2D eigenvalue weighted by Crippen LogP contribution is 2.17. The summed E-state index contributed by atoms with van der Waals surface area (Å²) >= 11 is 4.86. The SMILES string of the molecule is CCC1COCCN1Cc1ccc(F)c(C(N)=S)c1. The van der Waals surface area contributed by atoms with Gasteiger partial charge in [-0.15, -0.1) is 0 Å². The van der Waals surface area contributed by atoms with Crippen LogP contribution in [0.1, 0.15) is 24.5 Å². The van der Waals surface area contributed by atoms with Gasteiger partial charge in [0.1, 0.15) is 10.8 Å². The van der Waals surface area contributed by atoms with Crippen LogP contribution in [0.25, 0.3) is 0 Å². The minimum Gasteiger partial charge on any atom is -0.389 e. The van der Waals surface area contributed by atoms with E-state index < -0.39 is 0 Å². The molecule has 0 bridgehead atoms. The molecule has 1 aromatic carbocycles. The maximum Gasteiger partial charge on any atom is 0.133 e. The van der Waals surface area contributed by atoms with Crippen molar-refractivity contribution in [1.82, 2.24) is 4.90 Å². The van der Waals surface area contributed by atoms with Crippen LogP contribution in [-0.2, 0) is 11.3 Å². The standard InChI is InChI=1S/C14H19FN2OS/c1-2-11-9-18-6-5-17(11)8-10-3-4-13(15)12(7-10)14(16)19/h3-4,7,11H,2,5-6,8-9H2,1H3,(H2,16,19). The molecule has 0 amide bonds.